The Balaban J connectivity index is 1.76. The van der Waals surface area contributed by atoms with Gasteiger partial charge in [-0.1, -0.05) is 86.8 Å². The average molecular weight is 500 g/mol. The number of aromatic nitrogens is 1. The van der Waals surface area contributed by atoms with Gasteiger partial charge in [-0.15, -0.1) is 0 Å². The lowest BCUT2D eigenvalue weighted by Crippen LogP contribution is -2.25. The van der Waals surface area contributed by atoms with E-state index >= 15 is 0 Å². The third-order valence-corrected chi connectivity index (χ3v) is 6.11. The highest BCUT2D eigenvalue weighted by atomic mass is 16.6. The summed E-state index contributed by atoms with van der Waals surface area (Å²) in [6, 6.07) is 25.2. The molecule has 0 atom stereocenters. The van der Waals surface area contributed by atoms with Crippen molar-refractivity contribution in [2.75, 3.05) is 0 Å². The van der Waals surface area contributed by atoms with Crippen LogP contribution >= 0.6 is 0 Å². The summed E-state index contributed by atoms with van der Waals surface area (Å²) in [6.07, 6.45) is 4.02. The monoisotopic (exact) mass is 499 g/mol. The first-order valence-electron chi connectivity index (χ1n) is 12.8. The maximum Gasteiger partial charge on any atom is 0.308 e. The molecule has 0 radical (unpaired) electrons. The van der Waals surface area contributed by atoms with Crippen molar-refractivity contribution in [3.63, 3.8) is 0 Å². The van der Waals surface area contributed by atoms with Crippen molar-refractivity contribution in [1.82, 2.24) is 4.57 Å². The molecule has 0 aliphatic rings. The minimum atomic E-state index is -0.568. The molecular formula is C31H33NO5. The fraction of sp³-hybridized carbons (Fsp3) is 0.290. The number of carbonyl (C=O) groups excluding carboxylic acids is 1. The van der Waals surface area contributed by atoms with Crippen molar-refractivity contribution in [3.8, 4) is 17.2 Å². The number of ether oxygens (including phenoxy) is 3. The van der Waals surface area contributed by atoms with E-state index in [9.17, 15) is 9.59 Å². The Hall–Kier alpha value is -4.06. The normalized spacial score (nSPS) is 10.9. The van der Waals surface area contributed by atoms with Gasteiger partial charge in [0.15, 0.2) is 5.75 Å². The van der Waals surface area contributed by atoms with Gasteiger partial charge in [0.2, 0.25) is 5.75 Å². The molecule has 0 unspecified atom stereocenters. The Kier molecular flexibility index (Phi) is 8.98. The Labute approximate surface area is 217 Å². The molecule has 0 saturated heterocycles. The van der Waals surface area contributed by atoms with E-state index in [2.05, 4.69) is 6.92 Å². The first-order valence-corrected chi connectivity index (χ1v) is 12.8. The SMILES string of the molecule is CCCCCCn1c(=O)c(OC(C)=O)c(OCc2ccccc2)c2ccc(OCc3ccccc3)cc21. The van der Waals surface area contributed by atoms with Gasteiger partial charge >= 0.3 is 5.97 Å². The summed E-state index contributed by atoms with van der Waals surface area (Å²) < 4.78 is 19.3. The molecule has 0 spiro atoms. The minimum Gasteiger partial charge on any atom is -0.489 e. The van der Waals surface area contributed by atoms with Crippen molar-refractivity contribution in [1.29, 1.82) is 0 Å². The Bertz CT molecular complexity index is 1380. The van der Waals surface area contributed by atoms with E-state index in [1.807, 2.05) is 78.9 Å². The summed E-state index contributed by atoms with van der Waals surface area (Å²) in [5.41, 5.74) is 2.29. The summed E-state index contributed by atoms with van der Waals surface area (Å²) >= 11 is 0. The van der Waals surface area contributed by atoms with Crippen LogP contribution in [0.15, 0.2) is 83.7 Å². The molecule has 6 heteroatoms. The largest absolute Gasteiger partial charge is 0.489 e. The zero-order valence-corrected chi connectivity index (χ0v) is 21.4. The lowest BCUT2D eigenvalue weighted by Gasteiger charge is -2.19. The van der Waals surface area contributed by atoms with Gasteiger partial charge < -0.3 is 18.8 Å². The number of hydrogen-bond acceptors (Lipinski definition) is 5. The number of hydrogen-bond donors (Lipinski definition) is 0. The summed E-state index contributed by atoms with van der Waals surface area (Å²) in [7, 11) is 0. The van der Waals surface area contributed by atoms with Gasteiger partial charge in [0.05, 0.1) is 5.52 Å². The number of aryl methyl sites for hydroxylation is 1. The molecule has 0 bridgehead atoms. The van der Waals surface area contributed by atoms with Gasteiger partial charge in [-0.3, -0.25) is 9.59 Å². The number of fused-ring (bicyclic) bond motifs is 1. The van der Waals surface area contributed by atoms with Gasteiger partial charge in [-0.25, -0.2) is 0 Å². The van der Waals surface area contributed by atoms with Crippen LogP contribution in [0.3, 0.4) is 0 Å². The second-order valence-corrected chi connectivity index (χ2v) is 9.00. The number of esters is 1. The number of unbranched alkanes of at least 4 members (excludes halogenated alkanes) is 3. The predicted octanol–water partition coefficient (Wildman–Crippen LogP) is 6.67. The number of benzene rings is 3. The fourth-order valence-corrected chi connectivity index (χ4v) is 4.23. The van der Waals surface area contributed by atoms with Crippen LogP contribution in [0.5, 0.6) is 17.2 Å². The molecular weight excluding hydrogens is 466 g/mol. The molecule has 4 aromatic rings. The highest BCUT2D eigenvalue weighted by Crippen LogP contribution is 2.36. The zero-order valence-electron chi connectivity index (χ0n) is 21.4. The van der Waals surface area contributed by atoms with E-state index in [4.69, 9.17) is 14.2 Å². The molecule has 192 valence electrons. The molecule has 0 aliphatic heterocycles. The van der Waals surface area contributed by atoms with Gasteiger partial charge in [0.1, 0.15) is 19.0 Å². The number of nitrogens with zero attached hydrogens (tertiary/aromatic N) is 1. The summed E-state index contributed by atoms with van der Waals surface area (Å²) in [5, 5.41) is 0.689. The second-order valence-electron chi connectivity index (χ2n) is 9.00. The van der Waals surface area contributed by atoms with E-state index in [-0.39, 0.29) is 23.7 Å². The molecule has 0 fully saturated rings. The van der Waals surface area contributed by atoms with E-state index in [0.717, 1.165) is 36.8 Å². The van der Waals surface area contributed by atoms with E-state index in [1.165, 1.54) is 6.92 Å². The molecule has 37 heavy (non-hydrogen) atoms. The first kappa shape index (κ1) is 26.0. The maximum atomic E-state index is 13.7. The molecule has 4 rings (SSSR count). The van der Waals surface area contributed by atoms with Crippen molar-refractivity contribution in [2.45, 2.75) is 59.3 Å². The number of rotatable bonds is 12. The van der Waals surface area contributed by atoms with Gasteiger partial charge in [-0.2, -0.15) is 0 Å². The molecule has 1 aromatic heterocycles. The van der Waals surface area contributed by atoms with E-state index in [1.54, 1.807) is 4.57 Å². The van der Waals surface area contributed by atoms with Crippen molar-refractivity contribution < 1.29 is 19.0 Å². The van der Waals surface area contributed by atoms with Crippen LogP contribution in [0.25, 0.3) is 10.9 Å². The van der Waals surface area contributed by atoms with Gasteiger partial charge in [0, 0.05) is 24.9 Å². The molecule has 0 saturated carbocycles. The highest BCUT2D eigenvalue weighted by molar-refractivity contribution is 5.90. The topological polar surface area (TPSA) is 66.8 Å². The fourth-order valence-electron chi connectivity index (χ4n) is 4.23. The molecule has 3 aromatic carbocycles. The van der Waals surface area contributed by atoms with Crippen LogP contribution in [0.4, 0.5) is 0 Å². The Morgan fingerprint density at radius 1 is 0.784 bits per heavy atom. The van der Waals surface area contributed by atoms with Gasteiger partial charge in [0.25, 0.3) is 5.56 Å². The van der Waals surface area contributed by atoms with E-state index in [0.29, 0.717) is 29.8 Å². The second kappa shape index (κ2) is 12.8. The first-order chi connectivity index (χ1) is 18.1. The maximum absolute atomic E-state index is 13.7. The number of pyridine rings is 1. The molecule has 0 aliphatic carbocycles. The lowest BCUT2D eigenvalue weighted by atomic mass is 10.1. The predicted molar refractivity (Wildman–Crippen MR) is 145 cm³/mol. The molecule has 0 amide bonds. The van der Waals surface area contributed by atoms with Crippen LogP contribution in [0.1, 0.15) is 50.7 Å². The smallest absolute Gasteiger partial charge is 0.308 e. The quantitative estimate of drug-likeness (QED) is 0.161. The zero-order chi connectivity index (χ0) is 26.0. The highest BCUT2D eigenvalue weighted by Gasteiger charge is 2.22. The van der Waals surface area contributed by atoms with Crippen LogP contribution in [0.2, 0.25) is 0 Å². The van der Waals surface area contributed by atoms with Crippen LogP contribution in [-0.4, -0.2) is 10.5 Å². The standard InChI is InChI=1S/C31H33NO5/c1-3-4-5-12-19-32-28-20-26(35-21-24-13-8-6-9-14-24)17-18-27(28)29(30(31(32)34)37-23(2)33)36-22-25-15-10-7-11-16-25/h6-11,13-18,20H,3-5,12,19,21-22H2,1-2H3. The summed E-state index contributed by atoms with van der Waals surface area (Å²) in [4.78, 5) is 25.6. The Morgan fingerprint density at radius 3 is 2.05 bits per heavy atom. The van der Waals surface area contributed by atoms with Crippen LogP contribution in [0, 0.1) is 0 Å². The average Bonchev–Trinajstić information content (AvgIpc) is 2.92. The molecule has 6 nitrogen and oxygen atoms in total. The third-order valence-electron chi connectivity index (χ3n) is 6.11. The van der Waals surface area contributed by atoms with Crippen molar-refractivity contribution in [3.05, 3.63) is 100 Å². The minimum absolute atomic E-state index is 0.0793. The Morgan fingerprint density at radius 2 is 1.43 bits per heavy atom. The third kappa shape index (κ3) is 6.79. The van der Waals surface area contributed by atoms with Crippen LogP contribution < -0.4 is 19.8 Å². The molecule has 1 heterocycles. The summed E-state index contributed by atoms with van der Waals surface area (Å²) in [5.74, 6) is 0.261. The van der Waals surface area contributed by atoms with E-state index < -0.39 is 5.97 Å². The molecule has 0 N–H and O–H groups in total. The van der Waals surface area contributed by atoms with Gasteiger partial charge in [-0.05, 0) is 29.7 Å². The van der Waals surface area contributed by atoms with Crippen molar-refractivity contribution in [2.24, 2.45) is 0 Å². The van der Waals surface area contributed by atoms with Crippen molar-refractivity contribution >= 4 is 16.9 Å². The lowest BCUT2D eigenvalue weighted by molar-refractivity contribution is -0.132. The summed E-state index contributed by atoms with van der Waals surface area (Å²) in [6.45, 7) is 4.59. The number of carbonyl (C=O) groups is 1. The van der Waals surface area contributed by atoms with Crippen LogP contribution in [-0.2, 0) is 24.6 Å².